The second-order valence-corrected chi connectivity index (χ2v) is 11.5. The zero-order valence-electron chi connectivity index (χ0n) is 24.0. The predicted octanol–water partition coefficient (Wildman–Crippen LogP) is 6.60. The average Bonchev–Trinajstić information content (AvgIpc) is 3.28. The number of fused-ring (bicyclic) bond motifs is 1. The predicted molar refractivity (Wildman–Crippen MR) is 152 cm³/mol. The van der Waals surface area contributed by atoms with Crippen molar-refractivity contribution in [2.75, 3.05) is 6.61 Å². The van der Waals surface area contributed by atoms with Crippen LogP contribution < -0.4 is 4.74 Å². The smallest absolute Gasteiger partial charge is 0.338 e. The minimum atomic E-state index is -0.602. The van der Waals surface area contributed by atoms with Crippen LogP contribution in [0.3, 0.4) is 0 Å². The highest BCUT2D eigenvalue weighted by Gasteiger charge is 2.30. The van der Waals surface area contributed by atoms with Crippen LogP contribution >= 0.6 is 0 Å². The van der Waals surface area contributed by atoms with Gasteiger partial charge in [-0.2, -0.15) is 0 Å². The fraction of sp³-hybridized carbons (Fsp3) is 0.484. The Morgan fingerprint density at radius 3 is 2.28 bits per heavy atom. The van der Waals surface area contributed by atoms with Gasteiger partial charge in [0.05, 0.1) is 6.61 Å². The van der Waals surface area contributed by atoms with Gasteiger partial charge in [-0.05, 0) is 43.2 Å². The molecular weight excluding hydrogens is 494 g/mol. The Balaban J connectivity index is 1.93. The van der Waals surface area contributed by atoms with Crippen molar-refractivity contribution in [1.82, 2.24) is 15.0 Å². The van der Waals surface area contributed by atoms with E-state index in [2.05, 4.69) is 30.6 Å². The van der Waals surface area contributed by atoms with Crippen molar-refractivity contribution in [2.45, 2.75) is 85.5 Å². The van der Waals surface area contributed by atoms with Gasteiger partial charge in [0.25, 0.3) is 0 Å². The Kier molecular flexibility index (Phi) is 9.89. The van der Waals surface area contributed by atoms with Crippen molar-refractivity contribution in [3.05, 3.63) is 53.6 Å². The first kappa shape index (κ1) is 29.9. The number of nitrogens with zero attached hydrogens (tertiary/aromatic N) is 3. The molecule has 3 rings (SSSR count). The summed E-state index contributed by atoms with van der Waals surface area (Å²) in [6, 6.07) is 8.91. The largest absolute Gasteiger partial charge is 0.505 e. The molecule has 0 aliphatic heterocycles. The number of carbonyl (C=O) groups excluding carboxylic acids is 2. The third-order valence-corrected chi connectivity index (χ3v) is 6.42. The standard InChI is InChI=1S/C31H41N3O5/c1-20(2)13-9-8-12-18-38-27(35)17-16-22-26(39-30(37)21(3)4)19-25(29(36)28(22)31(5,6)7)34-32-23-14-10-11-15-24(23)33-34/h10-11,14-15,19-20,36H,3,8-9,12-13,16-18H2,1-2,4-7H3. The number of phenolic OH excluding ortho intramolecular Hbond substituents is 1. The molecule has 0 radical (unpaired) electrons. The Hall–Kier alpha value is -3.68. The van der Waals surface area contributed by atoms with E-state index in [0.29, 0.717) is 34.7 Å². The summed E-state index contributed by atoms with van der Waals surface area (Å²) in [6.07, 6.45) is 4.43. The van der Waals surface area contributed by atoms with Crippen molar-refractivity contribution in [1.29, 1.82) is 0 Å². The number of hydrogen-bond donors (Lipinski definition) is 1. The van der Waals surface area contributed by atoms with Gasteiger partial charge < -0.3 is 14.6 Å². The molecule has 0 unspecified atom stereocenters. The number of carbonyl (C=O) groups is 2. The molecule has 1 aromatic heterocycles. The van der Waals surface area contributed by atoms with Crippen LogP contribution in [-0.2, 0) is 26.2 Å². The number of esters is 2. The van der Waals surface area contributed by atoms with Crippen molar-refractivity contribution in [3.8, 4) is 17.2 Å². The molecule has 0 bridgehead atoms. The molecular formula is C31H41N3O5. The lowest BCUT2D eigenvalue weighted by Crippen LogP contribution is -2.20. The van der Waals surface area contributed by atoms with E-state index in [4.69, 9.17) is 9.47 Å². The molecule has 0 amide bonds. The Morgan fingerprint density at radius 1 is 1.08 bits per heavy atom. The summed E-state index contributed by atoms with van der Waals surface area (Å²) in [5.41, 5.74) is 2.36. The molecule has 210 valence electrons. The van der Waals surface area contributed by atoms with Gasteiger partial charge in [-0.3, -0.25) is 4.79 Å². The maximum absolute atomic E-state index is 12.6. The number of phenols is 1. The average molecular weight is 536 g/mol. The third kappa shape index (κ3) is 7.91. The number of benzene rings is 2. The van der Waals surface area contributed by atoms with Crippen LogP contribution in [0.5, 0.6) is 11.5 Å². The topological polar surface area (TPSA) is 104 Å². The van der Waals surface area contributed by atoms with E-state index in [1.54, 1.807) is 13.0 Å². The molecule has 0 atom stereocenters. The maximum atomic E-state index is 12.6. The number of unbranched alkanes of at least 4 members (excludes halogenated alkanes) is 2. The van der Waals surface area contributed by atoms with E-state index in [0.717, 1.165) is 19.3 Å². The molecule has 0 aliphatic rings. The van der Waals surface area contributed by atoms with Gasteiger partial charge >= 0.3 is 11.9 Å². The summed E-state index contributed by atoms with van der Waals surface area (Å²) in [5.74, 6) is -0.0755. The Morgan fingerprint density at radius 2 is 1.72 bits per heavy atom. The van der Waals surface area contributed by atoms with E-state index in [9.17, 15) is 14.7 Å². The fourth-order valence-corrected chi connectivity index (χ4v) is 4.44. The maximum Gasteiger partial charge on any atom is 0.338 e. The highest BCUT2D eigenvalue weighted by Crippen LogP contribution is 2.43. The number of aromatic nitrogens is 3. The van der Waals surface area contributed by atoms with Crippen LogP contribution in [0.1, 0.15) is 84.8 Å². The van der Waals surface area contributed by atoms with Crippen LogP contribution in [0.4, 0.5) is 0 Å². The first-order chi connectivity index (χ1) is 18.4. The molecule has 1 N–H and O–H groups in total. The Bertz CT molecular complexity index is 1300. The molecule has 0 fully saturated rings. The number of aromatic hydroxyl groups is 1. The molecule has 0 aliphatic carbocycles. The van der Waals surface area contributed by atoms with Crippen molar-refractivity contribution in [3.63, 3.8) is 0 Å². The van der Waals surface area contributed by atoms with Crippen LogP contribution in [0.15, 0.2) is 42.5 Å². The monoisotopic (exact) mass is 535 g/mol. The molecule has 3 aromatic rings. The van der Waals surface area contributed by atoms with Crippen LogP contribution in [0, 0.1) is 5.92 Å². The van der Waals surface area contributed by atoms with Crippen molar-refractivity contribution in [2.24, 2.45) is 5.92 Å². The van der Waals surface area contributed by atoms with Gasteiger partial charge in [0.2, 0.25) is 0 Å². The lowest BCUT2D eigenvalue weighted by atomic mass is 9.81. The zero-order valence-corrected chi connectivity index (χ0v) is 24.0. The van der Waals surface area contributed by atoms with E-state index in [-0.39, 0.29) is 41.6 Å². The minimum absolute atomic E-state index is 0.0357. The summed E-state index contributed by atoms with van der Waals surface area (Å²) in [4.78, 5) is 26.5. The lowest BCUT2D eigenvalue weighted by Gasteiger charge is -2.27. The SMILES string of the molecule is C=C(C)C(=O)Oc1cc(-n2nc3ccccc3n2)c(O)c(C(C)(C)C)c1CCC(=O)OCCCCCC(C)C. The van der Waals surface area contributed by atoms with Gasteiger partial charge in [0.1, 0.15) is 28.2 Å². The molecule has 0 saturated carbocycles. The van der Waals surface area contributed by atoms with E-state index < -0.39 is 11.4 Å². The fourth-order valence-electron chi connectivity index (χ4n) is 4.44. The molecule has 8 nitrogen and oxygen atoms in total. The minimum Gasteiger partial charge on any atom is -0.505 e. The van der Waals surface area contributed by atoms with Crippen molar-refractivity contribution >= 4 is 23.0 Å². The summed E-state index contributed by atoms with van der Waals surface area (Å²) in [5, 5.41) is 20.5. The lowest BCUT2D eigenvalue weighted by molar-refractivity contribution is -0.143. The van der Waals surface area contributed by atoms with E-state index in [1.807, 2.05) is 45.0 Å². The second-order valence-electron chi connectivity index (χ2n) is 11.5. The van der Waals surface area contributed by atoms with Crippen molar-refractivity contribution < 1.29 is 24.2 Å². The molecule has 0 spiro atoms. The normalized spacial score (nSPS) is 11.7. The third-order valence-electron chi connectivity index (χ3n) is 6.42. The first-order valence-corrected chi connectivity index (χ1v) is 13.6. The summed E-state index contributed by atoms with van der Waals surface area (Å²) >= 11 is 0. The molecule has 1 heterocycles. The highest BCUT2D eigenvalue weighted by atomic mass is 16.5. The van der Waals surface area contributed by atoms with E-state index >= 15 is 0 Å². The number of rotatable bonds is 12. The molecule has 39 heavy (non-hydrogen) atoms. The zero-order chi connectivity index (χ0) is 28.7. The van der Waals surface area contributed by atoms with Gasteiger partial charge in [-0.1, -0.05) is 72.6 Å². The van der Waals surface area contributed by atoms with E-state index in [1.165, 1.54) is 11.2 Å². The number of hydrogen-bond acceptors (Lipinski definition) is 7. The second kappa shape index (κ2) is 12.9. The van der Waals surface area contributed by atoms with Crippen LogP contribution in [-0.4, -0.2) is 38.6 Å². The Labute approximate surface area is 231 Å². The molecule has 2 aromatic carbocycles. The molecule has 8 heteroatoms. The van der Waals surface area contributed by atoms with Gasteiger partial charge in [-0.25, -0.2) is 4.79 Å². The van der Waals surface area contributed by atoms with Gasteiger partial charge in [-0.15, -0.1) is 15.0 Å². The summed E-state index contributed by atoms with van der Waals surface area (Å²) in [6.45, 7) is 15.9. The quantitative estimate of drug-likeness (QED) is 0.121. The number of ether oxygens (including phenoxy) is 2. The van der Waals surface area contributed by atoms with Gasteiger partial charge in [0, 0.05) is 29.2 Å². The summed E-state index contributed by atoms with van der Waals surface area (Å²) < 4.78 is 11.2. The highest BCUT2D eigenvalue weighted by molar-refractivity contribution is 5.89. The van der Waals surface area contributed by atoms with Gasteiger partial charge in [0.15, 0.2) is 0 Å². The summed E-state index contributed by atoms with van der Waals surface area (Å²) in [7, 11) is 0. The first-order valence-electron chi connectivity index (χ1n) is 13.6. The van der Waals surface area contributed by atoms with Crippen LogP contribution in [0.25, 0.3) is 16.7 Å². The van der Waals surface area contributed by atoms with Crippen LogP contribution in [0.2, 0.25) is 0 Å². The molecule has 0 saturated heterocycles.